The number of thiophene rings is 1. The first-order chi connectivity index (χ1) is 7.83. The van der Waals surface area contributed by atoms with E-state index in [2.05, 4.69) is 17.5 Å². The Morgan fingerprint density at radius 3 is 2.88 bits per heavy atom. The van der Waals surface area contributed by atoms with E-state index >= 15 is 0 Å². The van der Waals surface area contributed by atoms with Crippen LogP contribution in [0.1, 0.15) is 5.56 Å². The monoisotopic (exact) mass is 251 g/mol. The van der Waals surface area contributed by atoms with Crippen LogP contribution in [0.5, 0.6) is 5.75 Å². The molecule has 2 rings (SSSR count). The Labute approximate surface area is 103 Å². The van der Waals surface area contributed by atoms with Crippen molar-refractivity contribution in [3.8, 4) is 5.75 Å². The van der Waals surface area contributed by atoms with Crippen LogP contribution in [-0.2, 0) is 6.54 Å². The number of nitrogens with two attached hydrogens (primary N) is 1. The van der Waals surface area contributed by atoms with Crippen molar-refractivity contribution in [1.29, 1.82) is 0 Å². The standard InChI is InChI=1S/C12H13NOS2/c1-14-10-5-4-9(8-13)11(7-10)16-12-3-2-6-15-12/h2-7H,8,13H2,1H3. The third-order valence-electron chi connectivity index (χ3n) is 2.20. The van der Waals surface area contributed by atoms with Gasteiger partial charge in [-0.1, -0.05) is 23.9 Å². The summed E-state index contributed by atoms with van der Waals surface area (Å²) in [5.74, 6) is 0.872. The highest BCUT2D eigenvalue weighted by Gasteiger charge is 2.05. The molecule has 0 bridgehead atoms. The minimum Gasteiger partial charge on any atom is -0.497 e. The van der Waals surface area contributed by atoms with Crippen molar-refractivity contribution in [2.75, 3.05) is 7.11 Å². The van der Waals surface area contributed by atoms with E-state index in [0.29, 0.717) is 6.54 Å². The molecule has 1 heterocycles. The zero-order chi connectivity index (χ0) is 11.4. The van der Waals surface area contributed by atoms with Gasteiger partial charge in [-0.15, -0.1) is 11.3 Å². The molecule has 0 atom stereocenters. The van der Waals surface area contributed by atoms with Crippen molar-refractivity contribution >= 4 is 23.1 Å². The molecule has 1 aromatic carbocycles. The molecule has 2 aromatic rings. The van der Waals surface area contributed by atoms with E-state index < -0.39 is 0 Å². The lowest BCUT2D eigenvalue weighted by Crippen LogP contribution is -1.98. The highest BCUT2D eigenvalue weighted by atomic mass is 32.2. The SMILES string of the molecule is COc1ccc(CN)c(Sc2cccs2)c1. The molecule has 0 spiro atoms. The van der Waals surface area contributed by atoms with Gasteiger partial charge in [-0.05, 0) is 29.1 Å². The van der Waals surface area contributed by atoms with Crippen LogP contribution in [0.25, 0.3) is 0 Å². The molecule has 84 valence electrons. The van der Waals surface area contributed by atoms with E-state index in [1.54, 1.807) is 30.2 Å². The van der Waals surface area contributed by atoms with Gasteiger partial charge in [0, 0.05) is 11.4 Å². The second-order valence-electron chi connectivity index (χ2n) is 3.21. The van der Waals surface area contributed by atoms with Gasteiger partial charge in [0.2, 0.25) is 0 Å². The number of hydrogen-bond donors (Lipinski definition) is 1. The number of benzene rings is 1. The van der Waals surface area contributed by atoms with Crippen molar-refractivity contribution in [2.45, 2.75) is 15.6 Å². The minimum atomic E-state index is 0.553. The van der Waals surface area contributed by atoms with Gasteiger partial charge >= 0.3 is 0 Å². The lowest BCUT2D eigenvalue weighted by Gasteiger charge is -2.08. The zero-order valence-electron chi connectivity index (χ0n) is 8.97. The molecule has 0 saturated carbocycles. The summed E-state index contributed by atoms with van der Waals surface area (Å²) in [6, 6.07) is 10.2. The van der Waals surface area contributed by atoms with Gasteiger partial charge in [-0.25, -0.2) is 0 Å². The molecular formula is C12H13NOS2. The average Bonchev–Trinajstić information content (AvgIpc) is 2.82. The van der Waals surface area contributed by atoms with E-state index in [9.17, 15) is 0 Å². The Hall–Kier alpha value is -0.970. The van der Waals surface area contributed by atoms with Crippen molar-refractivity contribution in [3.63, 3.8) is 0 Å². The summed E-state index contributed by atoms with van der Waals surface area (Å²) in [4.78, 5) is 1.17. The van der Waals surface area contributed by atoms with Crippen molar-refractivity contribution in [2.24, 2.45) is 5.73 Å². The molecule has 0 saturated heterocycles. The molecule has 4 heteroatoms. The molecule has 2 nitrogen and oxygen atoms in total. The summed E-state index contributed by atoms with van der Waals surface area (Å²) in [6.07, 6.45) is 0. The second-order valence-corrected chi connectivity index (χ2v) is 5.50. The molecule has 0 radical (unpaired) electrons. The Morgan fingerprint density at radius 1 is 1.38 bits per heavy atom. The number of hydrogen-bond acceptors (Lipinski definition) is 4. The van der Waals surface area contributed by atoms with Crippen LogP contribution in [-0.4, -0.2) is 7.11 Å². The van der Waals surface area contributed by atoms with Crippen LogP contribution in [0, 0.1) is 0 Å². The molecule has 1 aromatic heterocycles. The van der Waals surface area contributed by atoms with Crippen LogP contribution in [0.4, 0.5) is 0 Å². The Balaban J connectivity index is 2.30. The summed E-state index contributed by atoms with van der Waals surface area (Å²) in [5, 5.41) is 2.07. The molecule has 2 N–H and O–H groups in total. The maximum absolute atomic E-state index is 5.72. The number of ether oxygens (including phenoxy) is 1. The fraction of sp³-hybridized carbons (Fsp3) is 0.167. The van der Waals surface area contributed by atoms with Crippen LogP contribution in [0.2, 0.25) is 0 Å². The van der Waals surface area contributed by atoms with E-state index in [0.717, 1.165) is 11.3 Å². The fourth-order valence-corrected chi connectivity index (χ4v) is 3.25. The largest absolute Gasteiger partial charge is 0.497 e. The predicted octanol–water partition coefficient (Wildman–Crippen LogP) is 3.37. The first-order valence-corrected chi connectivity index (χ1v) is 6.61. The summed E-state index contributed by atoms with van der Waals surface area (Å²) < 4.78 is 6.49. The lowest BCUT2D eigenvalue weighted by atomic mass is 10.2. The maximum Gasteiger partial charge on any atom is 0.120 e. The van der Waals surface area contributed by atoms with E-state index in [4.69, 9.17) is 10.5 Å². The third kappa shape index (κ3) is 2.58. The fourth-order valence-electron chi connectivity index (χ4n) is 1.36. The Bertz CT molecular complexity index is 454. The van der Waals surface area contributed by atoms with E-state index in [1.165, 1.54) is 9.10 Å². The third-order valence-corrected chi connectivity index (χ3v) is 4.34. The molecule has 16 heavy (non-hydrogen) atoms. The van der Waals surface area contributed by atoms with Gasteiger partial charge in [-0.3, -0.25) is 0 Å². The number of methoxy groups -OCH3 is 1. The maximum atomic E-state index is 5.72. The van der Waals surface area contributed by atoms with Gasteiger partial charge in [0.05, 0.1) is 11.3 Å². The van der Waals surface area contributed by atoms with Gasteiger partial charge in [0.25, 0.3) is 0 Å². The number of rotatable bonds is 4. The smallest absolute Gasteiger partial charge is 0.120 e. The molecule has 0 fully saturated rings. The zero-order valence-corrected chi connectivity index (χ0v) is 10.6. The van der Waals surface area contributed by atoms with E-state index in [1.807, 2.05) is 18.2 Å². The van der Waals surface area contributed by atoms with E-state index in [-0.39, 0.29) is 0 Å². The second kappa shape index (κ2) is 5.39. The molecule has 0 unspecified atom stereocenters. The molecule has 0 amide bonds. The summed E-state index contributed by atoms with van der Waals surface area (Å²) in [7, 11) is 1.68. The quantitative estimate of drug-likeness (QED) is 0.905. The van der Waals surface area contributed by atoms with Gasteiger partial charge in [-0.2, -0.15) is 0 Å². The van der Waals surface area contributed by atoms with Gasteiger partial charge in [0.15, 0.2) is 0 Å². The lowest BCUT2D eigenvalue weighted by molar-refractivity contribution is 0.413. The highest BCUT2D eigenvalue weighted by molar-refractivity contribution is 8.01. The average molecular weight is 251 g/mol. The first-order valence-electron chi connectivity index (χ1n) is 4.92. The van der Waals surface area contributed by atoms with Crippen LogP contribution >= 0.6 is 23.1 Å². The minimum absolute atomic E-state index is 0.553. The van der Waals surface area contributed by atoms with Crippen LogP contribution < -0.4 is 10.5 Å². The molecule has 0 aliphatic carbocycles. The highest BCUT2D eigenvalue weighted by Crippen LogP contribution is 2.35. The van der Waals surface area contributed by atoms with Crippen molar-refractivity contribution in [1.82, 2.24) is 0 Å². The van der Waals surface area contributed by atoms with Crippen molar-refractivity contribution in [3.05, 3.63) is 41.3 Å². The van der Waals surface area contributed by atoms with Crippen molar-refractivity contribution < 1.29 is 4.74 Å². The summed E-state index contributed by atoms with van der Waals surface area (Å²) in [5.41, 5.74) is 6.87. The van der Waals surface area contributed by atoms with Gasteiger partial charge in [0.1, 0.15) is 5.75 Å². The van der Waals surface area contributed by atoms with Crippen LogP contribution in [0.15, 0.2) is 44.8 Å². The molecular weight excluding hydrogens is 238 g/mol. The molecule has 0 aliphatic rings. The van der Waals surface area contributed by atoms with Crippen LogP contribution in [0.3, 0.4) is 0 Å². The summed E-state index contributed by atoms with van der Waals surface area (Å²) >= 11 is 3.47. The first kappa shape index (κ1) is 11.5. The Kier molecular flexibility index (Phi) is 3.88. The molecule has 0 aliphatic heterocycles. The normalized spacial score (nSPS) is 10.4. The Morgan fingerprint density at radius 2 is 2.25 bits per heavy atom. The summed E-state index contributed by atoms with van der Waals surface area (Å²) in [6.45, 7) is 0.553. The van der Waals surface area contributed by atoms with Gasteiger partial charge < -0.3 is 10.5 Å². The predicted molar refractivity (Wildman–Crippen MR) is 69.3 cm³/mol. The topological polar surface area (TPSA) is 35.2 Å².